The molecular formula is C15H16N2O4Y-2. The monoisotopic (exact) mass is 377 g/mol. The molecule has 1 saturated heterocycles. The Morgan fingerprint density at radius 2 is 2.14 bits per heavy atom. The van der Waals surface area contributed by atoms with Crippen LogP contribution < -0.4 is 5.32 Å². The summed E-state index contributed by atoms with van der Waals surface area (Å²) in [5.74, 6) is -1.62. The molecule has 1 unspecified atom stereocenters. The number of carbonyl (C=O) groups excluding carboxylic acids is 4. The molecule has 6 nitrogen and oxygen atoms in total. The quantitative estimate of drug-likeness (QED) is 0.476. The van der Waals surface area contributed by atoms with Crippen molar-refractivity contribution in [3.63, 3.8) is 0 Å². The molecule has 1 aromatic carbocycles. The van der Waals surface area contributed by atoms with Crippen LogP contribution >= 0.6 is 0 Å². The van der Waals surface area contributed by atoms with E-state index in [0.29, 0.717) is 12.0 Å². The molecule has 1 N–H and O–H groups in total. The van der Waals surface area contributed by atoms with Gasteiger partial charge in [-0.05, 0) is 6.42 Å². The second-order valence-corrected chi connectivity index (χ2v) is 4.51. The van der Waals surface area contributed by atoms with E-state index in [-0.39, 0.29) is 58.5 Å². The van der Waals surface area contributed by atoms with Gasteiger partial charge in [-0.2, -0.15) is 0 Å². The van der Waals surface area contributed by atoms with Gasteiger partial charge in [-0.3, -0.25) is 19.7 Å². The summed E-state index contributed by atoms with van der Waals surface area (Å²) in [5, 5.41) is 2.12. The summed E-state index contributed by atoms with van der Waals surface area (Å²) >= 11 is 0. The third-order valence-electron chi connectivity index (χ3n) is 3.17. The van der Waals surface area contributed by atoms with Crippen molar-refractivity contribution in [2.24, 2.45) is 0 Å². The minimum atomic E-state index is -0.953. The molecule has 7 heteroatoms. The molecule has 1 heterocycles. The Balaban J connectivity index is 0.00000220. The molecule has 1 fully saturated rings. The molecule has 4 amide bonds. The number of amides is 4. The molecule has 0 spiro atoms. The van der Waals surface area contributed by atoms with Gasteiger partial charge in [0.15, 0.2) is 5.91 Å². The van der Waals surface area contributed by atoms with E-state index in [2.05, 4.69) is 11.4 Å². The van der Waals surface area contributed by atoms with E-state index in [1.165, 1.54) is 0 Å². The fourth-order valence-electron chi connectivity index (χ4n) is 2.09. The zero-order chi connectivity index (χ0) is 14.7. The van der Waals surface area contributed by atoms with Gasteiger partial charge in [0, 0.05) is 39.1 Å². The first-order chi connectivity index (χ1) is 9.54. The van der Waals surface area contributed by atoms with Crippen LogP contribution in [0.3, 0.4) is 0 Å². The van der Waals surface area contributed by atoms with Gasteiger partial charge in [0.1, 0.15) is 6.04 Å². The molecule has 1 aromatic rings. The number of benzene rings is 1. The largest absolute Gasteiger partial charge is 0.358 e. The maximum atomic E-state index is 12.3. The first-order valence-corrected chi connectivity index (χ1v) is 6.13. The smallest absolute Gasteiger partial charge is 0.249 e. The van der Waals surface area contributed by atoms with E-state index in [1.807, 2.05) is 0 Å². The van der Waals surface area contributed by atoms with Crippen LogP contribution in [0.15, 0.2) is 18.2 Å². The molecule has 115 valence electrons. The third kappa shape index (κ3) is 4.30. The Kier molecular flexibility index (Phi) is 8.34. The van der Waals surface area contributed by atoms with Crippen LogP contribution in [0.1, 0.15) is 28.8 Å². The summed E-state index contributed by atoms with van der Waals surface area (Å²) in [6.07, 6.45) is 0.565. The maximum absolute atomic E-state index is 12.3. The van der Waals surface area contributed by atoms with Gasteiger partial charge < -0.3 is 17.1 Å². The van der Waals surface area contributed by atoms with Crippen molar-refractivity contribution in [2.75, 3.05) is 0 Å². The number of carbonyl (C=O) groups is 4. The van der Waals surface area contributed by atoms with Crippen LogP contribution in [-0.4, -0.2) is 35.1 Å². The zero-order valence-electron chi connectivity index (χ0n) is 12.5. The minimum absolute atomic E-state index is 0. The number of hydrogen-bond donors (Lipinski definition) is 1. The summed E-state index contributed by atoms with van der Waals surface area (Å²) in [6.45, 7) is 1.72. The van der Waals surface area contributed by atoms with Crippen molar-refractivity contribution in [1.82, 2.24) is 10.2 Å². The Hall–Kier alpha value is -1.40. The van der Waals surface area contributed by atoms with E-state index in [1.54, 1.807) is 25.1 Å². The molecular weight excluding hydrogens is 361 g/mol. The van der Waals surface area contributed by atoms with Crippen LogP contribution in [0, 0.1) is 20.4 Å². The summed E-state index contributed by atoms with van der Waals surface area (Å²) in [7, 11) is 0. The summed E-state index contributed by atoms with van der Waals surface area (Å²) in [6, 6.07) is 6.82. The Morgan fingerprint density at radius 3 is 2.68 bits per heavy atom. The van der Waals surface area contributed by atoms with Crippen molar-refractivity contribution in [3.8, 4) is 0 Å². The molecule has 22 heavy (non-hydrogen) atoms. The number of nitrogens with one attached hydrogen (secondary N) is 1. The van der Waals surface area contributed by atoms with Gasteiger partial charge in [-0.1, -0.05) is 12.5 Å². The topological polar surface area (TPSA) is 83.6 Å². The standard InChI is InChI=1S/C14H13N2O4.CH3.Y/c1-9-4-2-3-5-10(9)14(20)16(8-17)11-6-7-12(18)15-13(11)19;;/h2-4,8,11H,6-7H2,1H3,(H,15,18,19);1H3;/q2*-1;. The summed E-state index contributed by atoms with van der Waals surface area (Å²) < 4.78 is 0. The van der Waals surface area contributed by atoms with Gasteiger partial charge >= 0.3 is 0 Å². The van der Waals surface area contributed by atoms with Gasteiger partial charge in [0.25, 0.3) is 0 Å². The minimum Gasteiger partial charge on any atom is -0.358 e. The van der Waals surface area contributed by atoms with Crippen molar-refractivity contribution in [1.29, 1.82) is 0 Å². The van der Waals surface area contributed by atoms with E-state index in [4.69, 9.17) is 0 Å². The fourth-order valence-corrected chi connectivity index (χ4v) is 2.09. The average molecular weight is 377 g/mol. The molecule has 0 bridgehead atoms. The fraction of sp³-hybridized carbons (Fsp3) is 0.267. The number of piperidine rings is 1. The van der Waals surface area contributed by atoms with E-state index >= 15 is 0 Å². The third-order valence-corrected chi connectivity index (χ3v) is 3.17. The molecule has 1 aliphatic heterocycles. The summed E-state index contributed by atoms with van der Waals surface area (Å²) in [5.41, 5.74) is 0.904. The van der Waals surface area contributed by atoms with Crippen LogP contribution in [0.2, 0.25) is 0 Å². The second kappa shape index (κ2) is 8.90. The van der Waals surface area contributed by atoms with Crippen molar-refractivity contribution in [3.05, 3.63) is 42.8 Å². The van der Waals surface area contributed by atoms with Crippen LogP contribution in [0.25, 0.3) is 0 Å². The van der Waals surface area contributed by atoms with Gasteiger partial charge in [-0.25, -0.2) is 0 Å². The van der Waals surface area contributed by atoms with Crippen molar-refractivity contribution < 1.29 is 51.9 Å². The van der Waals surface area contributed by atoms with Crippen molar-refractivity contribution in [2.45, 2.75) is 25.8 Å². The predicted molar refractivity (Wildman–Crippen MR) is 74.8 cm³/mol. The molecule has 0 saturated carbocycles. The van der Waals surface area contributed by atoms with Gasteiger partial charge in [0.05, 0.1) is 0 Å². The predicted octanol–water partition coefficient (Wildman–Crippen LogP) is 0.647. The summed E-state index contributed by atoms with van der Waals surface area (Å²) in [4.78, 5) is 47.2. The van der Waals surface area contributed by atoms with Crippen LogP contribution in [0.5, 0.6) is 0 Å². The molecule has 0 aliphatic carbocycles. The second-order valence-electron chi connectivity index (χ2n) is 4.51. The number of aryl methyl sites for hydroxylation is 1. The van der Waals surface area contributed by atoms with Gasteiger partial charge in [-0.15, -0.1) is 29.8 Å². The number of rotatable bonds is 3. The average Bonchev–Trinajstić information content (AvgIpc) is 2.42. The number of imide groups is 2. The van der Waals surface area contributed by atoms with Crippen LogP contribution in [-0.2, 0) is 47.1 Å². The molecule has 0 aromatic heterocycles. The van der Waals surface area contributed by atoms with E-state index in [0.717, 1.165) is 4.90 Å². The SMILES string of the molecule is Cc1ccc[c-]c1C(=O)N(C=O)C1CCC(=O)NC1=O.[CH3-].[Y]. The number of hydrogen-bond acceptors (Lipinski definition) is 4. The first-order valence-electron chi connectivity index (χ1n) is 6.13. The van der Waals surface area contributed by atoms with E-state index < -0.39 is 23.8 Å². The van der Waals surface area contributed by atoms with Gasteiger partial charge in [0.2, 0.25) is 18.2 Å². The molecule has 1 radical (unpaired) electrons. The Labute approximate surface area is 154 Å². The van der Waals surface area contributed by atoms with Crippen molar-refractivity contribution >= 4 is 24.1 Å². The Bertz CT molecular complexity index is 589. The number of nitrogens with zero attached hydrogens (tertiary/aromatic N) is 1. The maximum Gasteiger partial charge on any atom is 0.249 e. The molecule has 1 aliphatic rings. The normalized spacial score (nSPS) is 16.7. The molecule has 2 rings (SSSR count). The Morgan fingerprint density at radius 1 is 1.45 bits per heavy atom. The van der Waals surface area contributed by atoms with E-state index in [9.17, 15) is 19.2 Å². The first kappa shape index (κ1) is 20.6. The van der Waals surface area contributed by atoms with Crippen LogP contribution in [0.4, 0.5) is 0 Å². The zero-order valence-corrected chi connectivity index (χ0v) is 15.3. The molecule has 1 atom stereocenters.